The van der Waals surface area contributed by atoms with Crippen molar-refractivity contribution in [3.63, 3.8) is 0 Å². The standard InChI is InChI=1S/C33H36N2O8/c1-15(2)18-10-11-21(36)23-19(18)12-32(14-35-31(42)17-8-6-5-7-9-17)13-20-22(16(3)4)26(37)24(30(34)41)28(39)33(20,43)29(40)25(32)27(23)38/h5-11,15-16,20,22,24-25,36,43H,12-14H2,1-4H3,(H2,34,41)(H,35,42). The van der Waals surface area contributed by atoms with E-state index in [2.05, 4.69) is 5.32 Å². The molecular formula is C33H36N2O8. The molecule has 0 aliphatic heterocycles. The Morgan fingerprint density at radius 2 is 1.65 bits per heavy atom. The third kappa shape index (κ3) is 4.42. The first-order valence-electron chi connectivity index (χ1n) is 14.5. The van der Waals surface area contributed by atoms with Crippen LogP contribution in [-0.4, -0.2) is 57.3 Å². The number of nitrogens with two attached hydrogens (primary N) is 1. The first-order chi connectivity index (χ1) is 20.2. The number of carbonyl (C=O) groups excluding carboxylic acids is 6. The van der Waals surface area contributed by atoms with Gasteiger partial charge >= 0.3 is 0 Å². The molecule has 2 amide bonds. The summed E-state index contributed by atoms with van der Waals surface area (Å²) in [5.41, 5.74) is 2.82. The second-order valence-corrected chi connectivity index (χ2v) is 12.9. The van der Waals surface area contributed by atoms with Gasteiger partial charge in [0.1, 0.15) is 5.75 Å². The number of phenolic OH excluding ortho intramolecular Hbond substituents is 1. The topological polar surface area (TPSA) is 181 Å². The average molecular weight is 589 g/mol. The summed E-state index contributed by atoms with van der Waals surface area (Å²) in [5.74, 6) is -12.7. The normalized spacial score (nSPS) is 30.1. The Kier molecular flexibility index (Phi) is 7.41. The molecule has 2 saturated carbocycles. The van der Waals surface area contributed by atoms with Gasteiger partial charge in [-0.15, -0.1) is 0 Å². The minimum absolute atomic E-state index is 0.0560. The van der Waals surface area contributed by atoms with Crippen molar-refractivity contribution in [1.82, 2.24) is 5.32 Å². The van der Waals surface area contributed by atoms with Crippen molar-refractivity contribution in [2.45, 2.75) is 52.1 Å². The Morgan fingerprint density at radius 1 is 1.00 bits per heavy atom. The van der Waals surface area contributed by atoms with Gasteiger partial charge < -0.3 is 21.3 Å². The molecule has 2 aromatic carbocycles. The monoisotopic (exact) mass is 588 g/mol. The largest absolute Gasteiger partial charge is 0.507 e. The Labute approximate surface area is 249 Å². The summed E-state index contributed by atoms with van der Waals surface area (Å²) in [4.78, 5) is 81.6. The highest BCUT2D eigenvalue weighted by Gasteiger charge is 2.72. The predicted octanol–water partition coefficient (Wildman–Crippen LogP) is 2.13. The van der Waals surface area contributed by atoms with E-state index < -0.39 is 75.6 Å². The van der Waals surface area contributed by atoms with Crippen molar-refractivity contribution in [1.29, 1.82) is 0 Å². The molecule has 226 valence electrons. The van der Waals surface area contributed by atoms with E-state index in [1.54, 1.807) is 50.2 Å². The summed E-state index contributed by atoms with van der Waals surface area (Å²) in [6, 6.07) is 11.5. The summed E-state index contributed by atoms with van der Waals surface area (Å²) < 4.78 is 0. The summed E-state index contributed by atoms with van der Waals surface area (Å²) in [7, 11) is 0. The van der Waals surface area contributed by atoms with E-state index in [9.17, 15) is 39.0 Å². The van der Waals surface area contributed by atoms with Gasteiger partial charge in [-0.05, 0) is 54.0 Å². The number of primary amides is 1. The van der Waals surface area contributed by atoms with Gasteiger partial charge in [-0.1, -0.05) is 52.0 Å². The number of nitrogens with one attached hydrogen (secondary N) is 1. The number of Topliss-reactive ketones (excluding diaryl/α,β-unsaturated/α-hetero) is 4. The lowest BCUT2D eigenvalue weighted by atomic mass is 9.45. The number of aromatic hydroxyl groups is 1. The molecule has 43 heavy (non-hydrogen) atoms. The van der Waals surface area contributed by atoms with Gasteiger partial charge in [-0.2, -0.15) is 0 Å². The molecule has 5 N–H and O–H groups in total. The molecule has 10 nitrogen and oxygen atoms in total. The molecule has 0 heterocycles. The van der Waals surface area contributed by atoms with Crippen molar-refractivity contribution < 1.29 is 39.0 Å². The highest BCUT2D eigenvalue weighted by Crippen LogP contribution is 2.58. The lowest BCUT2D eigenvalue weighted by Gasteiger charge is -2.57. The van der Waals surface area contributed by atoms with Crippen LogP contribution in [0.2, 0.25) is 0 Å². The maximum Gasteiger partial charge on any atom is 0.251 e. The van der Waals surface area contributed by atoms with E-state index in [0.29, 0.717) is 11.1 Å². The fourth-order valence-corrected chi connectivity index (χ4v) is 7.79. The number of rotatable bonds is 6. The highest BCUT2D eigenvalue weighted by atomic mass is 16.3. The SMILES string of the molecule is CC(C)c1ccc(O)c2c1CC1(CNC(=O)c3ccccc3)CC3C(C(C)C)C(=O)C(C(N)=O)C(=O)C3(O)C(=O)C1C2=O. The number of hydrogen-bond donors (Lipinski definition) is 4. The second-order valence-electron chi connectivity index (χ2n) is 12.9. The summed E-state index contributed by atoms with van der Waals surface area (Å²) >= 11 is 0. The molecule has 5 rings (SSSR count). The van der Waals surface area contributed by atoms with Crippen molar-refractivity contribution >= 4 is 34.9 Å². The molecule has 6 unspecified atom stereocenters. The van der Waals surface area contributed by atoms with E-state index in [-0.39, 0.29) is 36.6 Å². The zero-order valence-electron chi connectivity index (χ0n) is 24.5. The van der Waals surface area contributed by atoms with Crippen LogP contribution in [0.4, 0.5) is 0 Å². The number of benzene rings is 2. The van der Waals surface area contributed by atoms with Crippen LogP contribution in [0.5, 0.6) is 5.75 Å². The lowest BCUT2D eigenvalue weighted by molar-refractivity contribution is -0.187. The molecule has 6 atom stereocenters. The van der Waals surface area contributed by atoms with Crippen molar-refractivity contribution in [3.05, 3.63) is 64.7 Å². The number of phenols is 1. The van der Waals surface area contributed by atoms with Crippen molar-refractivity contribution in [2.24, 2.45) is 40.7 Å². The van der Waals surface area contributed by atoms with Gasteiger partial charge in [0, 0.05) is 29.4 Å². The fraction of sp³-hybridized carbons (Fsp3) is 0.455. The first kappa shape index (κ1) is 30.3. The molecule has 0 saturated heterocycles. The van der Waals surface area contributed by atoms with Crippen LogP contribution < -0.4 is 11.1 Å². The van der Waals surface area contributed by atoms with Gasteiger partial charge in [-0.25, -0.2) is 0 Å². The highest BCUT2D eigenvalue weighted by molar-refractivity contribution is 6.32. The van der Waals surface area contributed by atoms with Gasteiger partial charge in [0.25, 0.3) is 5.91 Å². The smallest absolute Gasteiger partial charge is 0.251 e. The Hall–Kier alpha value is -4.18. The van der Waals surface area contributed by atoms with Crippen LogP contribution in [-0.2, 0) is 25.6 Å². The third-order valence-electron chi connectivity index (χ3n) is 9.72. The van der Waals surface area contributed by atoms with Crippen LogP contribution in [0.15, 0.2) is 42.5 Å². The molecule has 0 radical (unpaired) electrons. The van der Waals surface area contributed by atoms with Crippen molar-refractivity contribution in [3.8, 4) is 5.75 Å². The number of fused-ring (bicyclic) bond motifs is 3. The van der Waals surface area contributed by atoms with E-state index in [0.717, 1.165) is 5.56 Å². The Morgan fingerprint density at radius 3 is 2.23 bits per heavy atom. The summed E-state index contributed by atoms with van der Waals surface area (Å²) in [6.45, 7) is 7.04. The zero-order chi connectivity index (χ0) is 31.6. The molecule has 3 aliphatic rings. The van der Waals surface area contributed by atoms with Crippen LogP contribution in [0, 0.1) is 35.0 Å². The lowest BCUT2D eigenvalue weighted by Crippen LogP contribution is -2.74. The third-order valence-corrected chi connectivity index (χ3v) is 9.72. The number of amides is 2. The fourth-order valence-electron chi connectivity index (χ4n) is 7.79. The quantitative estimate of drug-likeness (QED) is 0.370. The van der Waals surface area contributed by atoms with E-state index >= 15 is 0 Å². The van der Waals surface area contributed by atoms with Gasteiger partial charge in [0.05, 0.1) is 11.5 Å². The summed E-state index contributed by atoms with van der Waals surface area (Å²) in [6.07, 6.45) is -0.0976. The maximum absolute atomic E-state index is 14.5. The molecule has 3 aliphatic carbocycles. The van der Waals surface area contributed by atoms with Crippen LogP contribution in [0.1, 0.15) is 71.9 Å². The number of carbonyl (C=O) groups is 6. The molecular weight excluding hydrogens is 552 g/mol. The van der Waals surface area contributed by atoms with Crippen LogP contribution in [0.25, 0.3) is 0 Å². The molecule has 2 aromatic rings. The van der Waals surface area contributed by atoms with Crippen LogP contribution in [0.3, 0.4) is 0 Å². The van der Waals surface area contributed by atoms with E-state index in [1.165, 1.54) is 6.07 Å². The molecule has 10 heteroatoms. The minimum atomic E-state index is -2.83. The number of ketones is 4. The number of aliphatic hydroxyl groups is 1. The molecule has 0 spiro atoms. The summed E-state index contributed by atoms with van der Waals surface area (Å²) in [5, 5.41) is 25.7. The Bertz CT molecular complexity index is 1560. The Balaban J connectivity index is 1.72. The predicted molar refractivity (Wildman–Crippen MR) is 154 cm³/mol. The van der Waals surface area contributed by atoms with Gasteiger partial charge in [0.2, 0.25) is 5.91 Å². The van der Waals surface area contributed by atoms with Gasteiger partial charge in [-0.3, -0.25) is 28.8 Å². The number of hydrogen-bond acceptors (Lipinski definition) is 8. The molecule has 2 fully saturated rings. The second kappa shape index (κ2) is 10.5. The minimum Gasteiger partial charge on any atom is -0.507 e. The molecule has 0 aromatic heterocycles. The van der Waals surface area contributed by atoms with Crippen LogP contribution >= 0.6 is 0 Å². The van der Waals surface area contributed by atoms with Crippen molar-refractivity contribution in [2.75, 3.05) is 6.54 Å². The first-order valence-corrected chi connectivity index (χ1v) is 14.5. The maximum atomic E-state index is 14.5. The van der Waals surface area contributed by atoms with E-state index in [1.807, 2.05) is 13.8 Å². The molecule has 0 bridgehead atoms. The van der Waals surface area contributed by atoms with Gasteiger partial charge in [0.15, 0.2) is 34.7 Å². The average Bonchev–Trinajstić information content (AvgIpc) is 2.93. The zero-order valence-corrected chi connectivity index (χ0v) is 24.5. The van der Waals surface area contributed by atoms with E-state index in [4.69, 9.17) is 5.73 Å².